The van der Waals surface area contributed by atoms with E-state index in [1.54, 1.807) is 50.6 Å². The fourth-order valence-electron chi connectivity index (χ4n) is 3.79. The van der Waals surface area contributed by atoms with E-state index in [1.807, 2.05) is 43.3 Å². The number of carbonyl (C=O) groups is 1. The highest BCUT2D eigenvalue weighted by atomic mass is 35.5. The minimum atomic E-state index is -0.392. The number of thiazole rings is 1. The number of ether oxygens (including phenoxy) is 2. The number of halogens is 1. The van der Waals surface area contributed by atoms with Crippen LogP contribution >= 0.6 is 22.9 Å². The molecule has 2 aromatic heterocycles. The van der Waals surface area contributed by atoms with Crippen LogP contribution in [0.2, 0.25) is 5.02 Å². The summed E-state index contributed by atoms with van der Waals surface area (Å²) in [6.45, 7) is 1.96. The standard InChI is InChI=1S/C28H22ClN3O4S/c1-16-24(17-7-9-19(29)10-8-17)31-28(37-16)32-26(33)22-15-18-5-4-6-23(35-3)25(18)36-27(22)30-20-11-13-21(34-2)14-12-20/h4-15H,1-3H3,(H,31,32,33). The molecule has 1 N–H and O–H groups in total. The smallest absolute Gasteiger partial charge is 0.262 e. The van der Waals surface area contributed by atoms with Crippen molar-refractivity contribution in [2.24, 2.45) is 4.99 Å². The lowest BCUT2D eigenvalue weighted by Crippen LogP contribution is -2.21. The van der Waals surface area contributed by atoms with Crippen molar-refractivity contribution in [3.05, 3.63) is 93.8 Å². The minimum absolute atomic E-state index is 0.144. The van der Waals surface area contributed by atoms with E-state index in [0.717, 1.165) is 16.1 Å². The Hall–Kier alpha value is -4.14. The number of fused-ring (bicyclic) bond motifs is 1. The third-order valence-electron chi connectivity index (χ3n) is 5.64. The van der Waals surface area contributed by atoms with E-state index in [-0.39, 0.29) is 11.1 Å². The number of methoxy groups -OCH3 is 2. The lowest BCUT2D eigenvalue weighted by Gasteiger charge is -2.08. The summed E-state index contributed by atoms with van der Waals surface area (Å²) in [6, 6.07) is 21.8. The molecule has 0 radical (unpaired) electrons. The summed E-state index contributed by atoms with van der Waals surface area (Å²) < 4.78 is 16.8. The van der Waals surface area contributed by atoms with Crippen LogP contribution in [0.5, 0.6) is 11.5 Å². The molecule has 0 saturated carbocycles. The summed E-state index contributed by atoms with van der Waals surface area (Å²) in [6.07, 6.45) is 0. The van der Waals surface area contributed by atoms with Gasteiger partial charge < -0.3 is 13.9 Å². The SMILES string of the molecule is COc1ccc(N=c2oc3c(OC)cccc3cc2C(=O)Nc2nc(-c3ccc(Cl)cc3)c(C)s2)cc1. The molecule has 0 bridgehead atoms. The maximum absolute atomic E-state index is 13.5. The maximum Gasteiger partial charge on any atom is 0.262 e. The van der Waals surface area contributed by atoms with Crippen LogP contribution in [0.3, 0.4) is 0 Å². The molecular formula is C28H22ClN3O4S. The molecule has 0 aliphatic carbocycles. The summed E-state index contributed by atoms with van der Waals surface area (Å²) in [4.78, 5) is 23.7. The van der Waals surface area contributed by atoms with Crippen molar-refractivity contribution in [2.45, 2.75) is 6.92 Å². The molecule has 0 aliphatic rings. The van der Waals surface area contributed by atoms with Crippen LogP contribution in [-0.4, -0.2) is 25.1 Å². The van der Waals surface area contributed by atoms with Gasteiger partial charge in [-0.05, 0) is 55.5 Å². The summed E-state index contributed by atoms with van der Waals surface area (Å²) >= 11 is 7.41. The van der Waals surface area contributed by atoms with E-state index in [2.05, 4.69) is 15.3 Å². The van der Waals surface area contributed by atoms with E-state index in [4.69, 9.17) is 25.5 Å². The van der Waals surface area contributed by atoms with E-state index >= 15 is 0 Å². The average molecular weight is 532 g/mol. The fraction of sp³-hybridized carbons (Fsp3) is 0.107. The van der Waals surface area contributed by atoms with Gasteiger partial charge in [0.05, 0.1) is 25.6 Å². The molecule has 1 amide bonds. The van der Waals surface area contributed by atoms with E-state index < -0.39 is 5.91 Å². The molecule has 5 rings (SSSR count). The van der Waals surface area contributed by atoms with Gasteiger partial charge in [-0.1, -0.05) is 35.9 Å². The summed E-state index contributed by atoms with van der Waals surface area (Å²) in [5.41, 5.74) is 3.20. The number of anilines is 1. The summed E-state index contributed by atoms with van der Waals surface area (Å²) in [5.74, 6) is 0.848. The van der Waals surface area contributed by atoms with Crippen LogP contribution in [0.15, 0.2) is 82.2 Å². The molecule has 0 aliphatic heterocycles. The van der Waals surface area contributed by atoms with Crippen LogP contribution in [0.4, 0.5) is 10.8 Å². The zero-order chi connectivity index (χ0) is 25.9. The van der Waals surface area contributed by atoms with Gasteiger partial charge in [0.2, 0.25) is 5.55 Å². The third-order valence-corrected chi connectivity index (χ3v) is 6.78. The molecule has 7 nitrogen and oxygen atoms in total. The largest absolute Gasteiger partial charge is 0.497 e. The number of benzene rings is 3. The van der Waals surface area contributed by atoms with Crippen molar-refractivity contribution in [2.75, 3.05) is 19.5 Å². The number of aromatic nitrogens is 1. The fourth-order valence-corrected chi connectivity index (χ4v) is 4.75. The normalized spacial score (nSPS) is 11.5. The molecule has 186 valence electrons. The first-order valence-corrected chi connectivity index (χ1v) is 12.5. The Morgan fingerprint density at radius 2 is 1.78 bits per heavy atom. The van der Waals surface area contributed by atoms with Gasteiger partial charge in [0, 0.05) is 20.8 Å². The maximum atomic E-state index is 13.5. The van der Waals surface area contributed by atoms with Crippen molar-refractivity contribution >= 4 is 50.6 Å². The van der Waals surface area contributed by atoms with Gasteiger partial charge in [-0.2, -0.15) is 0 Å². The van der Waals surface area contributed by atoms with Gasteiger partial charge in [0.15, 0.2) is 16.5 Å². The average Bonchev–Trinajstić information content (AvgIpc) is 3.28. The van der Waals surface area contributed by atoms with Gasteiger partial charge in [0.25, 0.3) is 5.91 Å². The van der Waals surface area contributed by atoms with Crippen molar-refractivity contribution in [3.63, 3.8) is 0 Å². The number of carbonyl (C=O) groups excluding carboxylic acids is 1. The number of aryl methyl sites for hydroxylation is 1. The van der Waals surface area contributed by atoms with Gasteiger partial charge in [0.1, 0.15) is 11.3 Å². The number of amides is 1. The van der Waals surface area contributed by atoms with Crippen molar-refractivity contribution < 1.29 is 18.7 Å². The second-order valence-electron chi connectivity index (χ2n) is 8.04. The number of nitrogens with one attached hydrogen (secondary N) is 1. The Morgan fingerprint density at radius 1 is 1.03 bits per heavy atom. The van der Waals surface area contributed by atoms with Crippen LogP contribution in [0.25, 0.3) is 22.2 Å². The molecule has 0 saturated heterocycles. The lowest BCUT2D eigenvalue weighted by molar-refractivity contribution is 0.102. The number of hydrogen-bond donors (Lipinski definition) is 1. The van der Waals surface area contributed by atoms with Crippen LogP contribution in [0, 0.1) is 6.92 Å². The van der Waals surface area contributed by atoms with Gasteiger partial charge in [-0.25, -0.2) is 9.98 Å². The molecule has 0 atom stereocenters. The van der Waals surface area contributed by atoms with E-state index in [1.165, 1.54) is 11.3 Å². The Labute approximate surface area is 222 Å². The number of para-hydroxylation sites is 1. The molecule has 0 fully saturated rings. The van der Waals surface area contributed by atoms with Gasteiger partial charge in [-0.3, -0.25) is 10.1 Å². The summed E-state index contributed by atoms with van der Waals surface area (Å²) in [7, 11) is 3.16. The Morgan fingerprint density at radius 3 is 2.49 bits per heavy atom. The van der Waals surface area contributed by atoms with Crippen molar-refractivity contribution in [1.29, 1.82) is 0 Å². The highest BCUT2D eigenvalue weighted by molar-refractivity contribution is 7.16. The number of nitrogens with zero attached hydrogens (tertiary/aromatic N) is 2. The van der Waals surface area contributed by atoms with Crippen molar-refractivity contribution in [3.8, 4) is 22.8 Å². The Kier molecular flexibility index (Phi) is 6.94. The van der Waals surface area contributed by atoms with Crippen LogP contribution in [0.1, 0.15) is 15.2 Å². The highest BCUT2D eigenvalue weighted by Gasteiger charge is 2.18. The number of rotatable bonds is 6. The quantitative estimate of drug-likeness (QED) is 0.254. The molecule has 0 unspecified atom stereocenters. The zero-order valence-electron chi connectivity index (χ0n) is 20.2. The topological polar surface area (TPSA) is 86.0 Å². The predicted octanol–water partition coefficient (Wildman–Crippen LogP) is 7.02. The van der Waals surface area contributed by atoms with Crippen LogP contribution in [-0.2, 0) is 0 Å². The Balaban J connectivity index is 1.56. The second kappa shape index (κ2) is 10.5. The van der Waals surface area contributed by atoms with Gasteiger partial charge >= 0.3 is 0 Å². The molecule has 9 heteroatoms. The predicted molar refractivity (Wildman–Crippen MR) is 146 cm³/mol. The first kappa shape index (κ1) is 24.5. The molecule has 5 aromatic rings. The zero-order valence-corrected chi connectivity index (χ0v) is 21.8. The van der Waals surface area contributed by atoms with E-state index in [9.17, 15) is 4.79 Å². The van der Waals surface area contributed by atoms with E-state index in [0.29, 0.717) is 38.3 Å². The Bertz CT molecular complexity index is 1660. The van der Waals surface area contributed by atoms with Crippen LogP contribution < -0.4 is 20.3 Å². The second-order valence-corrected chi connectivity index (χ2v) is 9.68. The minimum Gasteiger partial charge on any atom is -0.497 e. The highest BCUT2D eigenvalue weighted by Crippen LogP contribution is 2.31. The summed E-state index contributed by atoms with van der Waals surface area (Å²) in [5, 5.41) is 4.73. The number of hydrogen-bond acceptors (Lipinski definition) is 7. The molecular weight excluding hydrogens is 510 g/mol. The first-order valence-electron chi connectivity index (χ1n) is 11.3. The third kappa shape index (κ3) is 5.21. The molecule has 2 heterocycles. The molecule has 3 aromatic carbocycles. The van der Waals surface area contributed by atoms with Gasteiger partial charge in [-0.15, -0.1) is 11.3 Å². The first-order chi connectivity index (χ1) is 17.9. The molecule has 37 heavy (non-hydrogen) atoms. The van der Waals surface area contributed by atoms with Crippen molar-refractivity contribution in [1.82, 2.24) is 4.98 Å². The monoisotopic (exact) mass is 531 g/mol. The lowest BCUT2D eigenvalue weighted by atomic mass is 10.1. The molecule has 0 spiro atoms.